The molecule has 0 aliphatic rings. The van der Waals surface area contributed by atoms with Crippen molar-refractivity contribution < 1.29 is 14.5 Å². The number of carbonyl (C=O) groups is 1. The van der Waals surface area contributed by atoms with E-state index in [1.54, 1.807) is 12.1 Å². The normalized spacial score (nSPS) is 10.5. The number of benzene rings is 1. The molecule has 0 saturated heterocycles. The highest BCUT2D eigenvalue weighted by molar-refractivity contribution is 7.98. The maximum Gasteiger partial charge on any atom is 0.330 e. The number of ether oxygens (including phenoxy) is 1. The summed E-state index contributed by atoms with van der Waals surface area (Å²) in [6.07, 6.45) is 4.66. The largest absolute Gasteiger partial charge is 0.466 e. The monoisotopic (exact) mass is 253 g/mol. The molecule has 5 nitrogen and oxygen atoms in total. The summed E-state index contributed by atoms with van der Waals surface area (Å²) in [4.78, 5) is 21.8. The smallest absolute Gasteiger partial charge is 0.330 e. The first-order valence-corrected chi connectivity index (χ1v) is 5.89. The third-order valence-electron chi connectivity index (χ3n) is 2.03. The van der Waals surface area contributed by atoms with E-state index in [9.17, 15) is 14.9 Å². The molecule has 1 aromatic rings. The summed E-state index contributed by atoms with van der Waals surface area (Å²) in [7, 11) is 1.29. The highest BCUT2D eigenvalue weighted by Crippen LogP contribution is 2.26. The van der Waals surface area contributed by atoms with Crippen molar-refractivity contribution in [3.8, 4) is 0 Å². The van der Waals surface area contributed by atoms with Crippen LogP contribution in [0.1, 0.15) is 5.56 Å². The number of hydrogen-bond donors (Lipinski definition) is 0. The number of nitro benzene ring substituents is 1. The zero-order valence-electron chi connectivity index (χ0n) is 9.38. The van der Waals surface area contributed by atoms with Crippen molar-refractivity contribution in [2.45, 2.75) is 4.90 Å². The van der Waals surface area contributed by atoms with E-state index < -0.39 is 10.9 Å². The maximum atomic E-state index is 10.9. The van der Waals surface area contributed by atoms with Gasteiger partial charge in [0.2, 0.25) is 0 Å². The van der Waals surface area contributed by atoms with Gasteiger partial charge in [0.1, 0.15) is 0 Å². The van der Waals surface area contributed by atoms with Crippen LogP contribution >= 0.6 is 11.8 Å². The maximum absolute atomic E-state index is 10.9. The van der Waals surface area contributed by atoms with E-state index in [1.807, 2.05) is 6.26 Å². The van der Waals surface area contributed by atoms with Gasteiger partial charge >= 0.3 is 5.97 Å². The predicted octanol–water partition coefficient (Wildman–Crippen LogP) is 2.50. The molecule has 0 saturated carbocycles. The standard InChI is InChI=1S/C11H11NO4S/c1-16-11(13)6-4-8-3-5-9(12(14)15)7-10(8)17-2/h3-7H,1-2H3/b6-4+. The Balaban J connectivity index is 3.05. The Labute approximate surface area is 103 Å². The van der Waals surface area contributed by atoms with Crippen molar-refractivity contribution in [2.75, 3.05) is 13.4 Å². The zero-order chi connectivity index (χ0) is 12.8. The van der Waals surface area contributed by atoms with Gasteiger partial charge < -0.3 is 4.74 Å². The zero-order valence-corrected chi connectivity index (χ0v) is 10.2. The molecule has 0 heterocycles. The Kier molecular flexibility index (Phi) is 4.71. The van der Waals surface area contributed by atoms with E-state index in [4.69, 9.17) is 0 Å². The molecule has 1 aromatic carbocycles. The number of methoxy groups -OCH3 is 1. The molecule has 17 heavy (non-hydrogen) atoms. The minimum Gasteiger partial charge on any atom is -0.466 e. The number of esters is 1. The lowest BCUT2D eigenvalue weighted by Gasteiger charge is -2.02. The van der Waals surface area contributed by atoms with Crippen LogP contribution in [0.25, 0.3) is 6.08 Å². The van der Waals surface area contributed by atoms with Crippen LogP contribution in [-0.2, 0) is 9.53 Å². The fourth-order valence-corrected chi connectivity index (χ4v) is 1.79. The van der Waals surface area contributed by atoms with Crippen LogP contribution in [0.4, 0.5) is 5.69 Å². The van der Waals surface area contributed by atoms with E-state index in [0.29, 0.717) is 0 Å². The van der Waals surface area contributed by atoms with E-state index in [1.165, 1.54) is 37.1 Å². The number of nitrogens with zero attached hydrogens (tertiary/aromatic N) is 1. The van der Waals surface area contributed by atoms with Crippen molar-refractivity contribution in [2.24, 2.45) is 0 Å². The lowest BCUT2D eigenvalue weighted by Crippen LogP contribution is -1.94. The van der Waals surface area contributed by atoms with Gasteiger partial charge in [0.05, 0.1) is 12.0 Å². The second-order valence-electron chi connectivity index (χ2n) is 3.04. The van der Waals surface area contributed by atoms with Crippen molar-refractivity contribution in [3.63, 3.8) is 0 Å². The molecule has 0 fully saturated rings. The van der Waals surface area contributed by atoms with Gasteiger partial charge in [-0.1, -0.05) is 0 Å². The van der Waals surface area contributed by atoms with Crippen LogP contribution in [0.5, 0.6) is 0 Å². The third kappa shape index (κ3) is 3.60. The van der Waals surface area contributed by atoms with Gasteiger partial charge in [0, 0.05) is 23.1 Å². The van der Waals surface area contributed by atoms with Crippen LogP contribution < -0.4 is 0 Å². The first-order chi connectivity index (χ1) is 8.08. The fraction of sp³-hybridized carbons (Fsp3) is 0.182. The quantitative estimate of drug-likeness (QED) is 0.271. The molecule has 0 bridgehead atoms. The Bertz CT molecular complexity index is 471. The molecule has 0 aliphatic heterocycles. The van der Waals surface area contributed by atoms with E-state index in [-0.39, 0.29) is 5.69 Å². The second kappa shape index (κ2) is 6.05. The molecule has 0 aliphatic carbocycles. The third-order valence-corrected chi connectivity index (χ3v) is 2.82. The lowest BCUT2D eigenvalue weighted by atomic mass is 10.2. The van der Waals surface area contributed by atoms with Gasteiger partial charge in [0.15, 0.2) is 0 Å². The highest BCUT2D eigenvalue weighted by atomic mass is 32.2. The predicted molar refractivity (Wildman–Crippen MR) is 65.9 cm³/mol. The summed E-state index contributed by atoms with van der Waals surface area (Å²) in [6.45, 7) is 0. The molecule has 0 aromatic heterocycles. The van der Waals surface area contributed by atoms with E-state index in [2.05, 4.69) is 4.74 Å². The van der Waals surface area contributed by atoms with Crippen LogP contribution in [0.2, 0.25) is 0 Å². The van der Waals surface area contributed by atoms with Gasteiger partial charge in [-0.25, -0.2) is 4.79 Å². The Morgan fingerprint density at radius 1 is 1.53 bits per heavy atom. The Morgan fingerprint density at radius 3 is 2.76 bits per heavy atom. The van der Waals surface area contributed by atoms with Gasteiger partial charge in [0.25, 0.3) is 5.69 Å². The number of rotatable bonds is 4. The first kappa shape index (κ1) is 13.2. The van der Waals surface area contributed by atoms with Gasteiger partial charge in [-0.05, 0) is 24.0 Å². The number of thioether (sulfide) groups is 1. The summed E-state index contributed by atoms with van der Waals surface area (Å²) < 4.78 is 4.47. The van der Waals surface area contributed by atoms with E-state index in [0.717, 1.165) is 10.5 Å². The molecule has 0 N–H and O–H groups in total. The van der Waals surface area contributed by atoms with Gasteiger partial charge in [-0.3, -0.25) is 10.1 Å². The lowest BCUT2D eigenvalue weighted by molar-refractivity contribution is -0.385. The van der Waals surface area contributed by atoms with Crippen LogP contribution in [0.3, 0.4) is 0 Å². The molecule has 90 valence electrons. The minimum atomic E-state index is -0.463. The summed E-state index contributed by atoms with van der Waals surface area (Å²) in [5, 5.41) is 10.6. The Hall–Kier alpha value is -1.82. The molecule has 0 spiro atoms. The first-order valence-electron chi connectivity index (χ1n) is 4.67. The summed E-state index contributed by atoms with van der Waals surface area (Å²) in [5.74, 6) is -0.463. The molecule has 6 heteroatoms. The molecule has 0 radical (unpaired) electrons. The van der Waals surface area contributed by atoms with Crippen LogP contribution in [0.15, 0.2) is 29.2 Å². The van der Waals surface area contributed by atoms with Crippen molar-refractivity contribution in [1.82, 2.24) is 0 Å². The average Bonchev–Trinajstić information content (AvgIpc) is 2.35. The molecule has 0 unspecified atom stereocenters. The van der Waals surface area contributed by atoms with E-state index >= 15 is 0 Å². The fourth-order valence-electron chi connectivity index (χ4n) is 1.18. The van der Waals surface area contributed by atoms with Gasteiger partial charge in [-0.15, -0.1) is 11.8 Å². The van der Waals surface area contributed by atoms with Crippen LogP contribution in [-0.4, -0.2) is 24.3 Å². The molecule has 0 amide bonds. The molecule has 0 atom stereocenters. The topological polar surface area (TPSA) is 69.4 Å². The summed E-state index contributed by atoms with van der Waals surface area (Å²) >= 11 is 1.38. The Morgan fingerprint density at radius 2 is 2.24 bits per heavy atom. The number of hydrogen-bond acceptors (Lipinski definition) is 5. The average molecular weight is 253 g/mol. The van der Waals surface area contributed by atoms with Crippen molar-refractivity contribution in [1.29, 1.82) is 0 Å². The molecular weight excluding hydrogens is 242 g/mol. The van der Waals surface area contributed by atoms with Gasteiger partial charge in [-0.2, -0.15) is 0 Å². The second-order valence-corrected chi connectivity index (χ2v) is 3.89. The highest BCUT2D eigenvalue weighted by Gasteiger charge is 2.08. The SMILES string of the molecule is COC(=O)/C=C/c1ccc([N+](=O)[O-])cc1SC. The molecule has 1 rings (SSSR count). The molecular formula is C11H11NO4S. The van der Waals surface area contributed by atoms with Crippen molar-refractivity contribution >= 4 is 29.5 Å². The minimum absolute atomic E-state index is 0.0320. The number of nitro groups is 1. The van der Waals surface area contributed by atoms with Crippen molar-refractivity contribution in [3.05, 3.63) is 40.0 Å². The van der Waals surface area contributed by atoms with Crippen LogP contribution in [0, 0.1) is 10.1 Å². The summed E-state index contributed by atoms with van der Waals surface area (Å²) in [6, 6.07) is 4.47. The number of non-ortho nitro benzene ring substituents is 1. The summed E-state index contributed by atoms with van der Waals surface area (Å²) in [5.41, 5.74) is 0.776. The number of carbonyl (C=O) groups excluding carboxylic acids is 1.